The monoisotopic (exact) mass is 597 g/mol. The van der Waals surface area contributed by atoms with Crippen LogP contribution in [0.3, 0.4) is 0 Å². The van der Waals surface area contributed by atoms with Gasteiger partial charge in [0.1, 0.15) is 0 Å². The van der Waals surface area contributed by atoms with Gasteiger partial charge in [-0.1, -0.05) is 117 Å². The van der Waals surface area contributed by atoms with Crippen LogP contribution in [0.25, 0.3) is 0 Å². The predicted octanol–water partition coefficient (Wildman–Crippen LogP) is 9.54. The average molecular weight is 597 g/mol. The summed E-state index contributed by atoms with van der Waals surface area (Å²) >= 11 is 0. The van der Waals surface area contributed by atoms with Crippen LogP contribution in [0, 0.1) is 5.92 Å². The molecule has 0 fully saturated rings. The minimum atomic E-state index is -0.673. The van der Waals surface area contributed by atoms with Gasteiger partial charge < -0.3 is 20.1 Å². The maximum absolute atomic E-state index is 12.3. The summed E-state index contributed by atoms with van der Waals surface area (Å²) in [7, 11) is 4.27. The number of ether oxygens (including phenoxy) is 1. The van der Waals surface area contributed by atoms with Gasteiger partial charge in [-0.15, -0.1) is 0 Å². The number of carboxylic acids is 1. The van der Waals surface area contributed by atoms with E-state index in [9.17, 15) is 9.59 Å². The van der Waals surface area contributed by atoms with Crippen molar-refractivity contribution in [2.24, 2.45) is 5.92 Å². The Bertz CT molecular complexity index is 599. The van der Waals surface area contributed by atoms with Gasteiger partial charge in [0.2, 0.25) is 0 Å². The van der Waals surface area contributed by atoms with E-state index in [2.05, 4.69) is 38.2 Å². The molecule has 0 aromatic heterocycles. The summed E-state index contributed by atoms with van der Waals surface area (Å²) in [4.78, 5) is 25.2. The van der Waals surface area contributed by atoms with Gasteiger partial charge in [-0.25, -0.2) is 0 Å². The molecule has 2 atom stereocenters. The van der Waals surface area contributed by atoms with Crippen LogP contribution in [0.2, 0.25) is 0 Å². The molecule has 6 nitrogen and oxygen atoms in total. The van der Waals surface area contributed by atoms with Gasteiger partial charge in [-0.3, -0.25) is 9.59 Å². The highest BCUT2D eigenvalue weighted by Gasteiger charge is 2.12. The molecule has 0 spiro atoms. The molecule has 6 heteroatoms. The van der Waals surface area contributed by atoms with E-state index in [4.69, 9.17) is 9.84 Å². The van der Waals surface area contributed by atoms with Crippen LogP contribution in [0.4, 0.5) is 0 Å². The van der Waals surface area contributed by atoms with Crippen LogP contribution in [0.1, 0.15) is 174 Å². The zero-order valence-corrected chi connectivity index (χ0v) is 28.6. The number of hydrogen-bond acceptors (Lipinski definition) is 5. The number of carboxylic acid groups (broad SMARTS) is 1. The van der Waals surface area contributed by atoms with Crippen LogP contribution in [-0.2, 0) is 14.3 Å². The first-order valence-electron chi connectivity index (χ1n) is 18.1. The molecule has 2 unspecified atom stereocenters. The Kier molecular flexibility index (Phi) is 30.4. The lowest BCUT2D eigenvalue weighted by atomic mass is 9.96. The SMILES string of the molecule is CCCCCCC(CCCC)COC(=O)CCCCCCCCC(CCCCCCCCC(=O)O)NCCCN(C)C. The van der Waals surface area contributed by atoms with Crippen LogP contribution in [-0.4, -0.2) is 61.8 Å². The molecule has 42 heavy (non-hydrogen) atoms. The number of hydrogen-bond donors (Lipinski definition) is 2. The van der Waals surface area contributed by atoms with Crippen molar-refractivity contribution in [2.75, 3.05) is 33.8 Å². The Hall–Kier alpha value is -1.14. The van der Waals surface area contributed by atoms with Crippen LogP contribution >= 0.6 is 0 Å². The van der Waals surface area contributed by atoms with Crippen molar-refractivity contribution >= 4 is 11.9 Å². The van der Waals surface area contributed by atoms with Gasteiger partial charge in [0.25, 0.3) is 0 Å². The lowest BCUT2D eigenvalue weighted by Gasteiger charge is -2.20. The van der Waals surface area contributed by atoms with E-state index >= 15 is 0 Å². The number of carbonyl (C=O) groups excluding carboxylic acids is 1. The highest BCUT2D eigenvalue weighted by atomic mass is 16.5. The van der Waals surface area contributed by atoms with Crippen molar-refractivity contribution in [3.05, 3.63) is 0 Å². The molecule has 0 saturated carbocycles. The molecule has 0 aromatic carbocycles. The fourth-order valence-electron chi connectivity index (χ4n) is 5.74. The maximum Gasteiger partial charge on any atom is 0.305 e. The first-order chi connectivity index (χ1) is 20.4. The number of aliphatic carboxylic acids is 1. The second-order valence-electron chi connectivity index (χ2n) is 13.1. The van der Waals surface area contributed by atoms with Gasteiger partial charge in [-0.2, -0.15) is 0 Å². The molecular weight excluding hydrogens is 524 g/mol. The summed E-state index contributed by atoms with van der Waals surface area (Å²) in [6, 6.07) is 0.613. The normalized spacial score (nSPS) is 13.0. The van der Waals surface area contributed by atoms with E-state index in [0.717, 1.165) is 45.2 Å². The summed E-state index contributed by atoms with van der Waals surface area (Å²) in [5, 5.41) is 12.6. The molecule has 0 bridgehead atoms. The molecule has 0 aromatic rings. The Labute approximate surface area is 261 Å². The summed E-state index contributed by atoms with van der Waals surface area (Å²) in [5.41, 5.74) is 0. The molecule has 0 heterocycles. The van der Waals surface area contributed by atoms with E-state index in [-0.39, 0.29) is 5.97 Å². The highest BCUT2D eigenvalue weighted by molar-refractivity contribution is 5.69. The molecule has 0 rings (SSSR count). The third-order valence-electron chi connectivity index (χ3n) is 8.50. The topological polar surface area (TPSA) is 78.9 Å². The van der Waals surface area contributed by atoms with Crippen LogP contribution < -0.4 is 5.32 Å². The van der Waals surface area contributed by atoms with Gasteiger partial charge >= 0.3 is 11.9 Å². The van der Waals surface area contributed by atoms with E-state index in [1.165, 1.54) is 116 Å². The zero-order valence-electron chi connectivity index (χ0n) is 28.6. The van der Waals surface area contributed by atoms with Crippen molar-refractivity contribution < 1.29 is 19.4 Å². The Morgan fingerprint density at radius 3 is 1.71 bits per heavy atom. The molecular formula is C36H72N2O4. The van der Waals surface area contributed by atoms with Crippen LogP contribution in [0.15, 0.2) is 0 Å². The average Bonchev–Trinajstić information content (AvgIpc) is 2.96. The minimum Gasteiger partial charge on any atom is -0.481 e. The van der Waals surface area contributed by atoms with Crippen LogP contribution in [0.5, 0.6) is 0 Å². The number of esters is 1. The molecule has 0 amide bonds. The van der Waals surface area contributed by atoms with Crippen molar-refractivity contribution in [1.29, 1.82) is 0 Å². The summed E-state index contributed by atoms with van der Waals surface area (Å²) in [6.07, 6.45) is 28.5. The fourth-order valence-corrected chi connectivity index (χ4v) is 5.74. The Balaban J connectivity index is 4.01. The van der Waals surface area contributed by atoms with Crippen molar-refractivity contribution in [2.45, 2.75) is 180 Å². The molecule has 0 radical (unpaired) electrons. The molecule has 0 aliphatic heterocycles. The van der Waals surface area contributed by atoms with E-state index in [1.807, 2.05) is 0 Å². The molecule has 0 saturated heterocycles. The Morgan fingerprint density at radius 1 is 0.643 bits per heavy atom. The van der Waals surface area contributed by atoms with E-state index in [1.54, 1.807) is 0 Å². The first kappa shape index (κ1) is 40.9. The number of carbonyl (C=O) groups is 2. The number of rotatable bonds is 33. The highest BCUT2D eigenvalue weighted by Crippen LogP contribution is 2.19. The second kappa shape index (κ2) is 31.3. The van der Waals surface area contributed by atoms with Gasteiger partial charge in [0.15, 0.2) is 0 Å². The third-order valence-corrected chi connectivity index (χ3v) is 8.50. The van der Waals surface area contributed by atoms with Gasteiger partial charge in [0, 0.05) is 18.9 Å². The molecule has 2 N–H and O–H groups in total. The Morgan fingerprint density at radius 2 is 1.14 bits per heavy atom. The summed E-state index contributed by atoms with van der Waals surface area (Å²) < 4.78 is 5.69. The van der Waals surface area contributed by atoms with Gasteiger partial charge in [-0.05, 0) is 78.0 Å². The van der Waals surface area contributed by atoms with Crippen molar-refractivity contribution in [3.63, 3.8) is 0 Å². The summed E-state index contributed by atoms with van der Waals surface area (Å²) in [6.45, 7) is 7.33. The number of nitrogens with zero attached hydrogens (tertiary/aromatic N) is 1. The second-order valence-corrected chi connectivity index (χ2v) is 13.1. The predicted molar refractivity (Wildman–Crippen MR) is 179 cm³/mol. The lowest BCUT2D eigenvalue weighted by molar-refractivity contribution is -0.145. The van der Waals surface area contributed by atoms with Crippen molar-refractivity contribution in [3.8, 4) is 0 Å². The molecule has 250 valence electrons. The minimum absolute atomic E-state index is 0.00787. The largest absolute Gasteiger partial charge is 0.481 e. The quantitative estimate of drug-likeness (QED) is 0.0580. The number of nitrogens with one attached hydrogen (secondary N) is 1. The third kappa shape index (κ3) is 30.3. The first-order valence-corrected chi connectivity index (χ1v) is 18.1. The summed E-state index contributed by atoms with van der Waals surface area (Å²) in [5.74, 6) is -0.117. The zero-order chi connectivity index (χ0) is 31.1. The van der Waals surface area contributed by atoms with E-state index in [0.29, 0.717) is 31.4 Å². The van der Waals surface area contributed by atoms with Crippen molar-refractivity contribution in [1.82, 2.24) is 10.2 Å². The van der Waals surface area contributed by atoms with Gasteiger partial charge in [0.05, 0.1) is 6.61 Å². The fraction of sp³-hybridized carbons (Fsp3) is 0.944. The lowest BCUT2D eigenvalue weighted by Crippen LogP contribution is -2.31. The standard InChI is InChI=1S/C36H72N2O4/c1-5-7-9-18-25-33(24-8-6-2)32-42-36(41)29-22-17-13-11-15-20-27-34(37-30-23-31-38(3)4)26-19-14-10-12-16-21-28-35(39)40/h33-34,37H,5-32H2,1-4H3,(H,39,40). The van der Waals surface area contributed by atoms with E-state index < -0.39 is 5.97 Å². The molecule has 0 aliphatic rings. The molecule has 0 aliphatic carbocycles. The smallest absolute Gasteiger partial charge is 0.305 e. The maximum atomic E-state index is 12.3. The number of unbranched alkanes of at least 4 members (excludes halogenated alkanes) is 14.